The van der Waals surface area contributed by atoms with Crippen molar-refractivity contribution in [2.45, 2.75) is 13.5 Å². The van der Waals surface area contributed by atoms with Gasteiger partial charge < -0.3 is 20.4 Å². The van der Waals surface area contributed by atoms with Gasteiger partial charge in [0.1, 0.15) is 5.82 Å². The summed E-state index contributed by atoms with van der Waals surface area (Å²) in [6.07, 6.45) is 0. The molecule has 0 atom stereocenters. The van der Waals surface area contributed by atoms with Crippen LogP contribution in [0.1, 0.15) is 12.5 Å². The Labute approximate surface area is 194 Å². The highest BCUT2D eigenvalue weighted by molar-refractivity contribution is 14.0. The predicted molar refractivity (Wildman–Crippen MR) is 130 cm³/mol. The second-order valence-electron chi connectivity index (χ2n) is 6.88. The number of carbonyl (C=O) groups excluding carboxylic acids is 1. The van der Waals surface area contributed by atoms with E-state index in [1.807, 2.05) is 36.1 Å². The second kappa shape index (κ2) is 12.4. The second-order valence-corrected chi connectivity index (χ2v) is 6.88. The van der Waals surface area contributed by atoms with Crippen LogP contribution in [-0.2, 0) is 11.3 Å². The van der Waals surface area contributed by atoms with Gasteiger partial charge in [-0.3, -0.25) is 4.79 Å². The summed E-state index contributed by atoms with van der Waals surface area (Å²) in [5.74, 6) is 0.322. The van der Waals surface area contributed by atoms with Gasteiger partial charge in [-0.05, 0) is 36.8 Å². The average molecular weight is 525 g/mol. The third kappa shape index (κ3) is 7.16. The molecule has 6 nitrogen and oxygen atoms in total. The van der Waals surface area contributed by atoms with Crippen LogP contribution < -0.4 is 15.5 Å². The van der Waals surface area contributed by atoms with Gasteiger partial charge in [0.05, 0.1) is 13.1 Å². The fraction of sp³-hybridized carbons (Fsp3) is 0.364. The minimum absolute atomic E-state index is 0. The van der Waals surface area contributed by atoms with Crippen molar-refractivity contribution in [1.82, 2.24) is 15.5 Å². The normalized spacial score (nSPS) is 14.1. The van der Waals surface area contributed by atoms with Gasteiger partial charge in [-0.1, -0.05) is 30.3 Å². The molecule has 30 heavy (non-hydrogen) atoms. The van der Waals surface area contributed by atoms with Gasteiger partial charge in [-0.15, -0.1) is 24.0 Å². The van der Waals surface area contributed by atoms with Crippen LogP contribution in [0.3, 0.4) is 0 Å². The molecule has 1 fully saturated rings. The lowest BCUT2D eigenvalue weighted by Gasteiger charge is -2.36. The average Bonchev–Trinajstić information content (AvgIpc) is 2.76. The maximum atomic E-state index is 13.3. The number of anilines is 1. The third-order valence-electron chi connectivity index (χ3n) is 4.81. The van der Waals surface area contributed by atoms with Crippen molar-refractivity contribution in [3.8, 4) is 0 Å². The predicted octanol–water partition coefficient (Wildman–Crippen LogP) is 2.85. The van der Waals surface area contributed by atoms with E-state index in [0.717, 1.165) is 18.7 Å². The molecule has 1 amide bonds. The lowest BCUT2D eigenvalue weighted by atomic mass is 10.2. The summed E-state index contributed by atoms with van der Waals surface area (Å²) in [6, 6.07) is 16.6. The van der Waals surface area contributed by atoms with Crippen LogP contribution in [0.5, 0.6) is 0 Å². The molecule has 2 N–H and O–H groups in total. The van der Waals surface area contributed by atoms with Gasteiger partial charge in [-0.2, -0.15) is 0 Å². The van der Waals surface area contributed by atoms with E-state index in [-0.39, 0.29) is 42.2 Å². The van der Waals surface area contributed by atoms with Crippen LogP contribution >= 0.6 is 24.0 Å². The van der Waals surface area contributed by atoms with Crippen LogP contribution in [-0.4, -0.2) is 56.0 Å². The number of guanidine groups is 1. The Bertz CT molecular complexity index is 825. The summed E-state index contributed by atoms with van der Waals surface area (Å²) >= 11 is 0. The third-order valence-corrected chi connectivity index (χ3v) is 4.81. The van der Waals surface area contributed by atoms with E-state index in [2.05, 4.69) is 32.7 Å². The van der Waals surface area contributed by atoms with Gasteiger partial charge in [0.15, 0.2) is 5.96 Å². The number of amides is 1. The first-order valence-electron chi connectivity index (χ1n) is 10.00. The molecule has 162 valence electrons. The quantitative estimate of drug-likeness (QED) is 0.346. The number of piperazine rings is 1. The first-order chi connectivity index (χ1) is 14.2. The molecule has 0 saturated carbocycles. The van der Waals surface area contributed by atoms with Gasteiger partial charge in [-0.25, -0.2) is 9.38 Å². The summed E-state index contributed by atoms with van der Waals surface area (Å²) in [6.45, 7) is 6.21. The SMILES string of the molecule is CCNC(=NCc1cccc(F)c1)NCC(=O)N1CCN(c2ccccc2)CC1.I. The highest BCUT2D eigenvalue weighted by atomic mass is 127. The molecule has 8 heteroatoms. The highest BCUT2D eigenvalue weighted by Crippen LogP contribution is 2.15. The van der Waals surface area contributed by atoms with Crippen LogP contribution in [0.25, 0.3) is 0 Å². The van der Waals surface area contributed by atoms with E-state index in [1.54, 1.807) is 6.07 Å². The lowest BCUT2D eigenvalue weighted by molar-refractivity contribution is -0.130. The molecule has 0 unspecified atom stereocenters. The number of carbonyl (C=O) groups is 1. The number of halogens is 2. The van der Waals surface area contributed by atoms with E-state index in [0.29, 0.717) is 32.1 Å². The van der Waals surface area contributed by atoms with Crippen molar-refractivity contribution in [2.24, 2.45) is 4.99 Å². The lowest BCUT2D eigenvalue weighted by Crippen LogP contribution is -2.52. The Kier molecular flexibility index (Phi) is 9.85. The number of hydrogen-bond acceptors (Lipinski definition) is 3. The molecule has 1 aliphatic rings. The van der Waals surface area contributed by atoms with Crippen molar-refractivity contribution in [2.75, 3.05) is 44.2 Å². The Hall–Kier alpha value is -2.36. The number of hydrogen-bond donors (Lipinski definition) is 2. The molecule has 0 aromatic heterocycles. The molecular weight excluding hydrogens is 496 g/mol. The van der Waals surface area contributed by atoms with E-state index in [4.69, 9.17) is 0 Å². The number of benzene rings is 2. The van der Waals surface area contributed by atoms with Gasteiger partial charge in [0.2, 0.25) is 5.91 Å². The van der Waals surface area contributed by atoms with Crippen molar-refractivity contribution in [1.29, 1.82) is 0 Å². The van der Waals surface area contributed by atoms with E-state index in [9.17, 15) is 9.18 Å². The Morgan fingerprint density at radius 2 is 1.77 bits per heavy atom. The van der Waals surface area contributed by atoms with Crippen molar-refractivity contribution < 1.29 is 9.18 Å². The molecule has 0 bridgehead atoms. The summed E-state index contributed by atoms with van der Waals surface area (Å²) in [5, 5.41) is 6.21. The maximum Gasteiger partial charge on any atom is 0.242 e. The Balaban J connectivity index is 0.00000320. The number of rotatable bonds is 6. The zero-order valence-electron chi connectivity index (χ0n) is 17.2. The molecule has 0 radical (unpaired) electrons. The summed E-state index contributed by atoms with van der Waals surface area (Å²) in [5.41, 5.74) is 1.97. The van der Waals surface area contributed by atoms with Gasteiger partial charge in [0.25, 0.3) is 0 Å². The molecule has 0 aliphatic carbocycles. The minimum Gasteiger partial charge on any atom is -0.368 e. The number of para-hydroxylation sites is 1. The topological polar surface area (TPSA) is 60.0 Å². The monoisotopic (exact) mass is 525 g/mol. The van der Waals surface area contributed by atoms with E-state index in [1.165, 1.54) is 17.8 Å². The zero-order chi connectivity index (χ0) is 20.5. The van der Waals surface area contributed by atoms with Crippen molar-refractivity contribution in [3.05, 3.63) is 66.0 Å². The first-order valence-corrected chi connectivity index (χ1v) is 10.00. The molecule has 2 aromatic carbocycles. The van der Waals surface area contributed by atoms with Crippen LogP contribution in [0.4, 0.5) is 10.1 Å². The van der Waals surface area contributed by atoms with Gasteiger partial charge in [0, 0.05) is 38.4 Å². The standard InChI is InChI=1S/C22H28FN5O.HI/c1-2-24-22(25-16-18-7-6-8-19(23)15-18)26-17-21(29)28-13-11-27(12-14-28)20-9-4-3-5-10-20;/h3-10,15H,2,11-14,16-17H2,1H3,(H2,24,25,26);1H. The molecule has 1 aliphatic heterocycles. The molecule has 2 aromatic rings. The molecular formula is C22H29FIN5O. The smallest absolute Gasteiger partial charge is 0.242 e. The number of nitrogens with zero attached hydrogens (tertiary/aromatic N) is 3. The molecule has 0 spiro atoms. The zero-order valence-corrected chi connectivity index (χ0v) is 19.5. The van der Waals surface area contributed by atoms with Crippen molar-refractivity contribution >= 4 is 41.5 Å². The van der Waals surface area contributed by atoms with Crippen LogP contribution in [0, 0.1) is 5.82 Å². The number of nitrogens with one attached hydrogen (secondary N) is 2. The molecule has 1 saturated heterocycles. The minimum atomic E-state index is -0.277. The van der Waals surface area contributed by atoms with Crippen molar-refractivity contribution in [3.63, 3.8) is 0 Å². The summed E-state index contributed by atoms with van der Waals surface area (Å²) in [7, 11) is 0. The highest BCUT2D eigenvalue weighted by Gasteiger charge is 2.21. The number of aliphatic imine (C=N–C) groups is 1. The fourth-order valence-electron chi connectivity index (χ4n) is 3.27. The van der Waals surface area contributed by atoms with E-state index >= 15 is 0 Å². The largest absolute Gasteiger partial charge is 0.368 e. The summed E-state index contributed by atoms with van der Waals surface area (Å²) < 4.78 is 13.3. The molecule has 3 rings (SSSR count). The van der Waals surface area contributed by atoms with Crippen LogP contribution in [0.2, 0.25) is 0 Å². The Morgan fingerprint density at radius 3 is 2.43 bits per heavy atom. The molecule has 1 heterocycles. The Morgan fingerprint density at radius 1 is 1.03 bits per heavy atom. The van der Waals surface area contributed by atoms with E-state index < -0.39 is 0 Å². The fourth-order valence-corrected chi connectivity index (χ4v) is 3.27. The van der Waals surface area contributed by atoms with Crippen LogP contribution in [0.15, 0.2) is 59.6 Å². The maximum absolute atomic E-state index is 13.3. The first kappa shape index (κ1) is 23.9. The van der Waals surface area contributed by atoms with Gasteiger partial charge >= 0.3 is 0 Å². The summed E-state index contributed by atoms with van der Waals surface area (Å²) in [4.78, 5) is 21.2.